The maximum atomic E-state index is 13.0. The third kappa shape index (κ3) is 3.61. The van der Waals surface area contributed by atoms with Gasteiger partial charge in [0.05, 0.1) is 17.6 Å². The highest BCUT2D eigenvalue weighted by atomic mass is 35.5. The number of carbonyl (C=O) groups excluding carboxylic acids is 1. The molecule has 0 radical (unpaired) electrons. The Labute approximate surface area is 157 Å². The molecule has 1 fully saturated rings. The number of sulfonamides is 1. The van der Waals surface area contributed by atoms with Gasteiger partial charge in [-0.1, -0.05) is 41.9 Å². The van der Waals surface area contributed by atoms with E-state index in [9.17, 15) is 13.2 Å². The van der Waals surface area contributed by atoms with Crippen LogP contribution in [-0.2, 0) is 14.8 Å². The van der Waals surface area contributed by atoms with Crippen LogP contribution in [0.3, 0.4) is 0 Å². The van der Waals surface area contributed by atoms with Crippen LogP contribution in [0, 0.1) is 0 Å². The summed E-state index contributed by atoms with van der Waals surface area (Å²) in [4.78, 5) is 11.7. The lowest BCUT2D eigenvalue weighted by Crippen LogP contribution is -2.32. The van der Waals surface area contributed by atoms with Gasteiger partial charge < -0.3 is 10.5 Å². The lowest BCUT2D eigenvalue weighted by Gasteiger charge is -2.17. The summed E-state index contributed by atoms with van der Waals surface area (Å²) < 4.78 is 32.0. The molecule has 1 saturated heterocycles. The van der Waals surface area contributed by atoms with Crippen molar-refractivity contribution in [3.05, 3.63) is 64.7 Å². The molecule has 138 valence electrons. The van der Waals surface area contributed by atoms with Crippen molar-refractivity contribution in [2.24, 2.45) is 5.73 Å². The zero-order valence-electron chi connectivity index (χ0n) is 14.1. The average molecular weight is 395 g/mol. The minimum absolute atomic E-state index is 0.0497. The van der Waals surface area contributed by atoms with Crippen LogP contribution < -0.4 is 5.73 Å². The van der Waals surface area contributed by atoms with Crippen LogP contribution >= 0.6 is 11.6 Å². The normalized spacial score (nSPS) is 20.9. The van der Waals surface area contributed by atoms with E-state index in [0.717, 1.165) is 5.56 Å². The molecule has 26 heavy (non-hydrogen) atoms. The molecule has 6 nitrogen and oxygen atoms in total. The van der Waals surface area contributed by atoms with Gasteiger partial charge in [0.25, 0.3) is 0 Å². The third-order valence-electron chi connectivity index (χ3n) is 4.49. The topological polar surface area (TPSA) is 89.7 Å². The van der Waals surface area contributed by atoms with Gasteiger partial charge in [-0.3, -0.25) is 0 Å². The Morgan fingerprint density at radius 2 is 1.88 bits per heavy atom. The predicted octanol–water partition coefficient (Wildman–Crippen LogP) is 2.24. The van der Waals surface area contributed by atoms with Crippen molar-refractivity contribution in [2.45, 2.75) is 16.9 Å². The summed E-state index contributed by atoms with van der Waals surface area (Å²) in [6.45, 7) is 0.468. The number of rotatable bonds is 4. The number of nitrogens with zero attached hydrogens (tertiary/aromatic N) is 1. The molecule has 2 aromatic rings. The quantitative estimate of drug-likeness (QED) is 0.803. The van der Waals surface area contributed by atoms with Crippen molar-refractivity contribution in [1.82, 2.24) is 4.31 Å². The summed E-state index contributed by atoms with van der Waals surface area (Å²) in [6, 6.07) is 13.2. The minimum Gasteiger partial charge on any atom is -0.465 e. The Kier molecular flexibility index (Phi) is 5.34. The van der Waals surface area contributed by atoms with Crippen molar-refractivity contribution >= 4 is 27.6 Å². The Balaban J connectivity index is 1.92. The van der Waals surface area contributed by atoms with Gasteiger partial charge >= 0.3 is 5.97 Å². The first-order chi connectivity index (χ1) is 12.3. The summed E-state index contributed by atoms with van der Waals surface area (Å²) in [5.41, 5.74) is 7.28. The van der Waals surface area contributed by atoms with E-state index in [2.05, 4.69) is 4.74 Å². The first-order valence-electron chi connectivity index (χ1n) is 8.02. The van der Waals surface area contributed by atoms with Crippen molar-refractivity contribution in [1.29, 1.82) is 0 Å². The minimum atomic E-state index is -3.84. The SMILES string of the molecule is COC(=O)c1cc(Cl)cc(S(=O)(=O)N2C[C@@H](N)[C@H](c3ccccc3)C2)c1. The third-order valence-corrected chi connectivity index (χ3v) is 6.52. The van der Waals surface area contributed by atoms with Crippen molar-refractivity contribution in [2.75, 3.05) is 20.2 Å². The lowest BCUT2D eigenvalue weighted by atomic mass is 9.95. The molecule has 1 heterocycles. The second-order valence-corrected chi connectivity index (χ2v) is 8.54. The van der Waals surface area contributed by atoms with Crippen molar-refractivity contribution in [3.63, 3.8) is 0 Å². The second-order valence-electron chi connectivity index (χ2n) is 6.17. The van der Waals surface area contributed by atoms with E-state index < -0.39 is 16.0 Å². The lowest BCUT2D eigenvalue weighted by molar-refractivity contribution is 0.0600. The molecule has 2 aromatic carbocycles. The number of benzene rings is 2. The fourth-order valence-corrected chi connectivity index (χ4v) is 5.01. The van der Waals surface area contributed by atoms with Gasteiger partial charge in [0.1, 0.15) is 0 Å². The molecule has 0 saturated carbocycles. The molecular weight excluding hydrogens is 376 g/mol. The highest BCUT2D eigenvalue weighted by molar-refractivity contribution is 7.89. The standard InChI is InChI=1S/C18H19ClN2O4S/c1-25-18(22)13-7-14(19)9-15(8-13)26(23,24)21-10-16(17(20)11-21)12-5-3-2-4-6-12/h2-9,16-17H,10-11,20H2,1H3/t16-,17+/m0/s1. The van der Waals surface area contributed by atoms with Crippen LogP contribution in [0.25, 0.3) is 0 Å². The highest BCUT2D eigenvalue weighted by Crippen LogP contribution is 2.31. The number of carbonyl (C=O) groups is 1. The number of hydrogen-bond donors (Lipinski definition) is 1. The number of halogens is 1. The Hall–Kier alpha value is -1.93. The summed E-state index contributed by atoms with van der Waals surface area (Å²) in [5, 5.41) is 0.148. The van der Waals surface area contributed by atoms with E-state index in [1.165, 1.54) is 29.6 Å². The monoisotopic (exact) mass is 394 g/mol. The Morgan fingerprint density at radius 1 is 1.19 bits per heavy atom. The van der Waals surface area contributed by atoms with E-state index >= 15 is 0 Å². The fourth-order valence-electron chi connectivity index (χ4n) is 3.14. The van der Waals surface area contributed by atoms with Crippen LogP contribution in [0.15, 0.2) is 53.4 Å². The Morgan fingerprint density at radius 3 is 2.54 bits per heavy atom. The molecule has 2 atom stereocenters. The molecule has 2 N–H and O–H groups in total. The fraction of sp³-hybridized carbons (Fsp3) is 0.278. The predicted molar refractivity (Wildman–Crippen MR) is 98.7 cm³/mol. The van der Waals surface area contributed by atoms with Crippen LogP contribution in [0.2, 0.25) is 5.02 Å². The second kappa shape index (κ2) is 7.36. The first kappa shape index (κ1) is 18.8. The summed E-state index contributed by atoms with van der Waals surface area (Å²) in [5.74, 6) is -0.741. The van der Waals surface area contributed by atoms with E-state index in [1.54, 1.807) is 0 Å². The average Bonchev–Trinajstić information content (AvgIpc) is 3.03. The molecule has 0 aliphatic carbocycles. The van der Waals surface area contributed by atoms with Gasteiger partial charge in [-0.2, -0.15) is 4.31 Å². The largest absolute Gasteiger partial charge is 0.465 e. The number of methoxy groups -OCH3 is 1. The van der Waals surface area contributed by atoms with E-state index in [1.807, 2.05) is 30.3 Å². The molecule has 3 rings (SSSR count). The number of hydrogen-bond acceptors (Lipinski definition) is 5. The first-order valence-corrected chi connectivity index (χ1v) is 9.84. The number of ether oxygens (including phenoxy) is 1. The van der Waals surface area contributed by atoms with Gasteiger partial charge in [-0.05, 0) is 23.8 Å². The van der Waals surface area contributed by atoms with Gasteiger partial charge in [0, 0.05) is 30.1 Å². The van der Waals surface area contributed by atoms with Crippen molar-refractivity contribution < 1.29 is 17.9 Å². The van der Waals surface area contributed by atoms with Gasteiger partial charge in [-0.25, -0.2) is 13.2 Å². The van der Waals surface area contributed by atoms with Gasteiger partial charge in [-0.15, -0.1) is 0 Å². The van der Waals surface area contributed by atoms with E-state index in [-0.39, 0.29) is 40.5 Å². The molecule has 0 aromatic heterocycles. The maximum absolute atomic E-state index is 13.0. The zero-order valence-corrected chi connectivity index (χ0v) is 15.7. The molecule has 0 amide bonds. The zero-order chi connectivity index (χ0) is 18.9. The van der Waals surface area contributed by atoms with Crippen LogP contribution in [-0.4, -0.2) is 44.9 Å². The van der Waals surface area contributed by atoms with Crippen LogP contribution in [0.5, 0.6) is 0 Å². The van der Waals surface area contributed by atoms with E-state index in [0.29, 0.717) is 0 Å². The number of nitrogens with two attached hydrogens (primary N) is 1. The molecule has 0 bridgehead atoms. The number of esters is 1. The highest BCUT2D eigenvalue weighted by Gasteiger charge is 2.38. The summed E-state index contributed by atoms with van der Waals surface area (Å²) in [7, 11) is -2.61. The van der Waals surface area contributed by atoms with E-state index in [4.69, 9.17) is 17.3 Å². The van der Waals surface area contributed by atoms with Crippen LogP contribution in [0.1, 0.15) is 21.8 Å². The maximum Gasteiger partial charge on any atom is 0.337 e. The van der Waals surface area contributed by atoms with Crippen molar-refractivity contribution in [3.8, 4) is 0 Å². The molecule has 1 aliphatic rings. The molecule has 8 heteroatoms. The summed E-state index contributed by atoms with van der Waals surface area (Å²) >= 11 is 6.00. The molecular formula is C18H19ClN2O4S. The smallest absolute Gasteiger partial charge is 0.337 e. The molecule has 1 aliphatic heterocycles. The summed E-state index contributed by atoms with van der Waals surface area (Å²) in [6.07, 6.45) is 0. The molecule has 0 spiro atoms. The molecule has 0 unspecified atom stereocenters. The van der Waals surface area contributed by atoms with Gasteiger partial charge in [0.2, 0.25) is 10.0 Å². The van der Waals surface area contributed by atoms with Crippen LogP contribution in [0.4, 0.5) is 0 Å². The van der Waals surface area contributed by atoms with Gasteiger partial charge in [0.15, 0.2) is 0 Å². The Bertz CT molecular complexity index is 918.